The number of para-hydroxylation sites is 2. The molecular weight excluding hydrogens is 548 g/mol. The molecule has 4 nitrogen and oxygen atoms in total. The Labute approximate surface area is 252 Å². The maximum absolute atomic E-state index is 6.33. The van der Waals surface area contributed by atoms with Gasteiger partial charge in [0.2, 0.25) is 0 Å². The van der Waals surface area contributed by atoms with Crippen LogP contribution in [0.3, 0.4) is 0 Å². The zero-order valence-electron chi connectivity index (χ0n) is 23.7. The maximum Gasteiger partial charge on any atom is 0.180 e. The quantitative estimate of drug-likeness (QED) is 0.209. The van der Waals surface area contributed by atoms with Crippen molar-refractivity contribution in [3.05, 3.63) is 121 Å². The van der Waals surface area contributed by atoms with Crippen molar-refractivity contribution in [3.63, 3.8) is 0 Å². The van der Waals surface area contributed by atoms with Gasteiger partial charge in [-0.05, 0) is 53.1 Å². The van der Waals surface area contributed by atoms with E-state index in [0.717, 1.165) is 38.9 Å². The van der Waals surface area contributed by atoms with Gasteiger partial charge in [-0.1, -0.05) is 78.9 Å². The highest BCUT2D eigenvalue weighted by Crippen LogP contribution is 2.54. The molecule has 0 saturated heterocycles. The molecule has 0 saturated carbocycles. The van der Waals surface area contributed by atoms with E-state index in [2.05, 4.69) is 131 Å². The molecule has 0 amide bonds. The minimum absolute atomic E-state index is 0.553. The highest BCUT2D eigenvalue weighted by molar-refractivity contribution is 7.19. The Kier molecular flexibility index (Phi) is 5.44. The maximum atomic E-state index is 6.33. The molecule has 0 spiro atoms. The first-order valence-corrected chi connectivity index (χ1v) is 15.5. The zero-order valence-corrected chi connectivity index (χ0v) is 24.5. The lowest BCUT2D eigenvalue weighted by Crippen LogP contribution is -2.14. The van der Waals surface area contributed by atoms with E-state index in [9.17, 15) is 0 Å². The molecule has 1 aliphatic rings. The molecule has 1 aliphatic heterocycles. The van der Waals surface area contributed by atoms with Crippen LogP contribution in [0.4, 0.5) is 0 Å². The number of ether oxygens (including phenoxy) is 2. The van der Waals surface area contributed by atoms with Crippen LogP contribution in [0.2, 0.25) is 0 Å². The summed E-state index contributed by atoms with van der Waals surface area (Å²) in [5, 5.41) is 5.03. The third-order valence-electron chi connectivity index (χ3n) is 8.79. The second-order valence-corrected chi connectivity index (χ2v) is 12.3. The van der Waals surface area contributed by atoms with Gasteiger partial charge in [0.15, 0.2) is 11.5 Å². The normalized spacial score (nSPS) is 13.0. The predicted octanol–water partition coefficient (Wildman–Crippen LogP) is 9.65. The molecule has 208 valence electrons. The molecule has 5 heteroatoms. The number of aryl methyl sites for hydroxylation is 1. The number of benzene rings is 5. The smallest absolute Gasteiger partial charge is 0.180 e. The van der Waals surface area contributed by atoms with Crippen molar-refractivity contribution in [1.29, 1.82) is 0 Å². The molecule has 3 aromatic heterocycles. The number of rotatable bonds is 4. The summed E-state index contributed by atoms with van der Waals surface area (Å²) < 4.78 is 17.4. The number of nitrogens with zero attached hydrogens (tertiary/aromatic N) is 2. The Morgan fingerprint density at radius 3 is 1.77 bits per heavy atom. The molecule has 0 unspecified atom stereocenters. The Hall–Kier alpha value is -5.00. The Bertz CT molecular complexity index is 2340. The summed E-state index contributed by atoms with van der Waals surface area (Å²) in [6, 6.07) is 41.6. The van der Waals surface area contributed by atoms with Gasteiger partial charge in [0, 0.05) is 57.2 Å². The van der Waals surface area contributed by atoms with Crippen molar-refractivity contribution >= 4 is 54.9 Å². The van der Waals surface area contributed by atoms with E-state index < -0.39 is 0 Å². The lowest BCUT2D eigenvalue weighted by Gasteiger charge is -2.17. The van der Waals surface area contributed by atoms with Gasteiger partial charge in [-0.2, -0.15) is 0 Å². The van der Waals surface area contributed by atoms with Crippen LogP contribution in [0.25, 0.3) is 64.5 Å². The minimum atomic E-state index is 0.553. The van der Waals surface area contributed by atoms with E-state index in [1.165, 1.54) is 49.2 Å². The third-order valence-corrected chi connectivity index (χ3v) is 10.0. The number of hydrogen-bond acceptors (Lipinski definition) is 3. The van der Waals surface area contributed by atoms with E-state index in [1.54, 1.807) is 11.3 Å². The van der Waals surface area contributed by atoms with Crippen molar-refractivity contribution in [1.82, 2.24) is 9.13 Å². The SMILES string of the molecule is Cn1c2ccccc2c2cc(-c3sc(-c4ccc5c(c4)c4ccccc4n5Cc4ccccc4)c4c3OCCO4)ccc21. The summed E-state index contributed by atoms with van der Waals surface area (Å²) in [4.78, 5) is 2.23. The van der Waals surface area contributed by atoms with Crippen LogP contribution in [0.5, 0.6) is 11.5 Å². The fraction of sp³-hybridized carbons (Fsp3) is 0.105. The molecule has 0 radical (unpaired) electrons. The van der Waals surface area contributed by atoms with Crippen molar-refractivity contribution < 1.29 is 9.47 Å². The standard InChI is InChI=1S/C38H28N2O2S/c1-39-31-13-7-5-11-27(31)29-21-25(15-17-32(29)39)37-35-36(42-20-19-41-35)38(43-37)26-16-18-34-30(22-26)28-12-6-8-14-33(28)40(34)23-24-9-3-2-4-10-24/h2-18,21-22H,19-20,23H2,1H3. The second-order valence-electron chi connectivity index (χ2n) is 11.2. The molecule has 9 rings (SSSR count). The van der Waals surface area contributed by atoms with Gasteiger partial charge in [0.1, 0.15) is 13.2 Å². The average molecular weight is 577 g/mol. The van der Waals surface area contributed by atoms with E-state index in [1.807, 2.05) is 0 Å². The number of aromatic nitrogens is 2. The first-order chi connectivity index (χ1) is 21.2. The monoisotopic (exact) mass is 576 g/mol. The molecule has 5 aromatic carbocycles. The molecule has 8 aromatic rings. The van der Waals surface area contributed by atoms with Crippen molar-refractivity contribution in [2.45, 2.75) is 6.54 Å². The van der Waals surface area contributed by atoms with E-state index in [0.29, 0.717) is 13.2 Å². The van der Waals surface area contributed by atoms with E-state index in [4.69, 9.17) is 9.47 Å². The first-order valence-electron chi connectivity index (χ1n) is 14.7. The Balaban J connectivity index is 1.22. The fourth-order valence-electron chi connectivity index (χ4n) is 6.77. The Morgan fingerprint density at radius 2 is 1.07 bits per heavy atom. The summed E-state index contributed by atoms with van der Waals surface area (Å²) in [5.74, 6) is 1.72. The summed E-state index contributed by atoms with van der Waals surface area (Å²) in [5.41, 5.74) is 8.54. The summed E-state index contributed by atoms with van der Waals surface area (Å²) in [6.45, 7) is 1.94. The van der Waals surface area contributed by atoms with Gasteiger partial charge in [-0.15, -0.1) is 11.3 Å². The summed E-state index contributed by atoms with van der Waals surface area (Å²) in [7, 11) is 2.14. The number of hydrogen-bond donors (Lipinski definition) is 0. The molecule has 43 heavy (non-hydrogen) atoms. The lowest BCUT2D eigenvalue weighted by molar-refractivity contribution is 0.175. The minimum Gasteiger partial charge on any atom is -0.485 e. The van der Waals surface area contributed by atoms with E-state index in [-0.39, 0.29) is 0 Å². The van der Waals surface area contributed by atoms with Crippen LogP contribution in [0.15, 0.2) is 115 Å². The van der Waals surface area contributed by atoms with Crippen molar-refractivity contribution in [2.75, 3.05) is 13.2 Å². The van der Waals surface area contributed by atoms with Gasteiger partial charge >= 0.3 is 0 Å². The summed E-state index contributed by atoms with van der Waals surface area (Å²) in [6.07, 6.45) is 0. The molecule has 0 fully saturated rings. The van der Waals surface area contributed by atoms with Gasteiger partial charge in [0.25, 0.3) is 0 Å². The highest BCUT2D eigenvalue weighted by atomic mass is 32.1. The van der Waals surface area contributed by atoms with Crippen LogP contribution in [-0.2, 0) is 13.6 Å². The molecule has 0 bridgehead atoms. The molecule has 4 heterocycles. The zero-order chi connectivity index (χ0) is 28.5. The highest BCUT2D eigenvalue weighted by Gasteiger charge is 2.27. The van der Waals surface area contributed by atoms with Crippen LogP contribution >= 0.6 is 11.3 Å². The average Bonchev–Trinajstić information content (AvgIpc) is 3.70. The van der Waals surface area contributed by atoms with Gasteiger partial charge in [-0.25, -0.2) is 0 Å². The number of fused-ring (bicyclic) bond motifs is 7. The van der Waals surface area contributed by atoms with Crippen LogP contribution in [0, 0.1) is 0 Å². The van der Waals surface area contributed by atoms with Crippen molar-refractivity contribution in [3.8, 4) is 32.4 Å². The largest absolute Gasteiger partial charge is 0.485 e. The fourth-order valence-corrected chi connectivity index (χ4v) is 7.95. The van der Waals surface area contributed by atoms with Gasteiger partial charge in [0.05, 0.1) is 9.75 Å². The Morgan fingerprint density at radius 1 is 0.558 bits per heavy atom. The summed E-state index contributed by atoms with van der Waals surface area (Å²) >= 11 is 1.76. The molecule has 0 aliphatic carbocycles. The van der Waals surface area contributed by atoms with Crippen LogP contribution in [-0.4, -0.2) is 22.3 Å². The van der Waals surface area contributed by atoms with Crippen LogP contribution in [0.1, 0.15) is 5.56 Å². The lowest BCUT2D eigenvalue weighted by atomic mass is 10.1. The molecule has 0 N–H and O–H groups in total. The predicted molar refractivity (Wildman–Crippen MR) is 179 cm³/mol. The van der Waals surface area contributed by atoms with Gasteiger partial charge in [-0.3, -0.25) is 0 Å². The number of thiophene rings is 1. The molecular formula is C38H28N2O2S. The molecule has 0 atom stereocenters. The topological polar surface area (TPSA) is 28.3 Å². The third kappa shape index (κ3) is 3.75. The first kappa shape index (κ1) is 24.6. The van der Waals surface area contributed by atoms with E-state index >= 15 is 0 Å². The van der Waals surface area contributed by atoms with Gasteiger partial charge < -0.3 is 18.6 Å². The van der Waals surface area contributed by atoms with Crippen molar-refractivity contribution in [2.24, 2.45) is 7.05 Å². The second kappa shape index (κ2) is 9.51. The van der Waals surface area contributed by atoms with Crippen LogP contribution < -0.4 is 9.47 Å².